The van der Waals surface area contributed by atoms with Gasteiger partial charge in [-0.2, -0.15) is 0 Å². The van der Waals surface area contributed by atoms with Gasteiger partial charge in [-0.3, -0.25) is 9.69 Å². The zero-order valence-electron chi connectivity index (χ0n) is 21.5. The van der Waals surface area contributed by atoms with Crippen LogP contribution >= 0.6 is 0 Å². The third kappa shape index (κ3) is 5.61. The number of nitrogens with zero attached hydrogens (tertiary/aromatic N) is 2. The summed E-state index contributed by atoms with van der Waals surface area (Å²) < 4.78 is 5.47. The van der Waals surface area contributed by atoms with Crippen LogP contribution in [0, 0.1) is 0 Å². The lowest BCUT2D eigenvalue weighted by Gasteiger charge is -2.36. The highest BCUT2D eigenvalue weighted by Crippen LogP contribution is 2.24. The molecule has 1 saturated heterocycles. The molecule has 0 unspecified atom stereocenters. The topological polar surface area (TPSA) is 65.8 Å². The van der Waals surface area contributed by atoms with Crippen molar-refractivity contribution >= 4 is 28.3 Å². The molecule has 4 aromatic carbocycles. The smallest absolute Gasteiger partial charge is 0.344 e. The number of amides is 1. The van der Waals surface area contributed by atoms with Gasteiger partial charge in [0.25, 0.3) is 5.91 Å². The number of anilines is 2. The molecule has 6 rings (SSSR count). The molecule has 0 bridgehead atoms. The first kappa shape index (κ1) is 24.6. The molecule has 1 aromatic heterocycles. The highest BCUT2D eigenvalue weighted by Gasteiger charge is 2.18. The molecule has 1 aliphatic heterocycles. The Morgan fingerprint density at radius 1 is 0.769 bits per heavy atom. The highest BCUT2D eigenvalue weighted by molar-refractivity contribution is 6.05. The van der Waals surface area contributed by atoms with Crippen LogP contribution in [0.25, 0.3) is 22.1 Å². The molecule has 0 saturated carbocycles. The van der Waals surface area contributed by atoms with Crippen LogP contribution in [0.15, 0.2) is 118 Å². The minimum absolute atomic E-state index is 0.232. The van der Waals surface area contributed by atoms with E-state index in [1.165, 1.54) is 5.56 Å². The van der Waals surface area contributed by atoms with E-state index in [0.717, 1.165) is 49.5 Å². The van der Waals surface area contributed by atoms with Crippen LogP contribution in [0.1, 0.15) is 15.9 Å². The molecule has 6 nitrogen and oxygen atoms in total. The largest absolute Gasteiger partial charge is 0.422 e. The quantitative estimate of drug-likeness (QED) is 0.280. The van der Waals surface area contributed by atoms with Gasteiger partial charge >= 0.3 is 5.63 Å². The molecule has 39 heavy (non-hydrogen) atoms. The number of para-hydroxylation sites is 1. The van der Waals surface area contributed by atoms with Gasteiger partial charge in [0.05, 0.1) is 5.56 Å². The molecule has 0 radical (unpaired) electrons. The summed E-state index contributed by atoms with van der Waals surface area (Å²) in [5.41, 5.74) is 4.87. The van der Waals surface area contributed by atoms with Crippen molar-refractivity contribution in [3.8, 4) is 11.1 Å². The highest BCUT2D eigenvalue weighted by atomic mass is 16.4. The summed E-state index contributed by atoms with van der Waals surface area (Å²) in [6.07, 6.45) is 0. The summed E-state index contributed by atoms with van der Waals surface area (Å²) in [5, 5.41) is 3.81. The van der Waals surface area contributed by atoms with Gasteiger partial charge in [0, 0.05) is 55.0 Å². The fourth-order valence-corrected chi connectivity index (χ4v) is 5.06. The van der Waals surface area contributed by atoms with Crippen molar-refractivity contribution in [3.63, 3.8) is 0 Å². The van der Waals surface area contributed by atoms with Crippen molar-refractivity contribution in [3.05, 3.63) is 131 Å². The first-order valence-corrected chi connectivity index (χ1v) is 13.2. The van der Waals surface area contributed by atoms with E-state index in [9.17, 15) is 9.59 Å². The third-order valence-electron chi connectivity index (χ3n) is 7.19. The minimum atomic E-state index is -0.428. The van der Waals surface area contributed by atoms with Gasteiger partial charge in [-0.05, 0) is 59.7 Å². The van der Waals surface area contributed by atoms with Crippen molar-refractivity contribution in [2.24, 2.45) is 0 Å². The van der Waals surface area contributed by atoms with E-state index in [4.69, 9.17) is 4.42 Å². The standard InChI is InChI=1S/C33H29N3O3/c37-32(27-11-6-10-25(21-27)30-22-26-9-4-5-12-31(26)39-33(30)38)34-28-13-15-29(16-14-28)36-19-17-35(18-20-36)23-24-7-2-1-3-8-24/h1-16,21-22H,17-20,23H2,(H,34,37). The first-order valence-electron chi connectivity index (χ1n) is 13.2. The van der Waals surface area contributed by atoms with Crippen LogP contribution in [-0.2, 0) is 6.54 Å². The van der Waals surface area contributed by atoms with Crippen molar-refractivity contribution in [1.82, 2.24) is 4.90 Å². The van der Waals surface area contributed by atoms with Gasteiger partial charge in [0.1, 0.15) is 5.58 Å². The van der Waals surface area contributed by atoms with Gasteiger partial charge in [-0.1, -0.05) is 60.7 Å². The van der Waals surface area contributed by atoms with Gasteiger partial charge in [0.2, 0.25) is 0 Å². The van der Waals surface area contributed by atoms with E-state index in [0.29, 0.717) is 22.3 Å². The molecule has 1 N–H and O–H groups in total. The molecular formula is C33H29N3O3. The fraction of sp³-hybridized carbons (Fsp3) is 0.152. The molecule has 6 heteroatoms. The Labute approximate surface area is 227 Å². The number of carbonyl (C=O) groups is 1. The lowest BCUT2D eigenvalue weighted by molar-refractivity contribution is 0.102. The number of piperazine rings is 1. The maximum Gasteiger partial charge on any atom is 0.344 e. The third-order valence-corrected chi connectivity index (χ3v) is 7.19. The zero-order chi connectivity index (χ0) is 26.6. The molecule has 0 atom stereocenters. The number of fused-ring (bicyclic) bond motifs is 1. The summed E-state index contributed by atoms with van der Waals surface area (Å²) in [7, 11) is 0. The number of hydrogen-bond donors (Lipinski definition) is 1. The molecule has 0 spiro atoms. The number of nitrogens with one attached hydrogen (secondary N) is 1. The second kappa shape index (κ2) is 11.0. The Morgan fingerprint density at radius 2 is 1.51 bits per heavy atom. The molecule has 194 valence electrons. The van der Waals surface area contributed by atoms with Crippen LogP contribution in [0.5, 0.6) is 0 Å². The van der Waals surface area contributed by atoms with Crippen LogP contribution in [0.3, 0.4) is 0 Å². The van der Waals surface area contributed by atoms with Crippen molar-refractivity contribution in [2.75, 3.05) is 36.4 Å². The lowest BCUT2D eigenvalue weighted by atomic mass is 10.0. The lowest BCUT2D eigenvalue weighted by Crippen LogP contribution is -2.45. The summed E-state index contributed by atoms with van der Waals surface area (Å²) >= 11 is 0. The predicted octanol–water partition coefficient (Wildman–Crippen LogP) is 6.03. The summed E-state index contributed by atoms with van der Waals surface area (Å²) in [4.78, 5) is 30.5. The minimum Gasteiger partial charge on any atom is -0.422 e. The van der Waals surface area contributed by atoms with E-state index in [2.05, 4.69) is 57.6 Å². The number of benzene rings is 4. The Balaban J connectivity index is 1.09. The molecule has 1 aliphatic rings. The monoisotopic (exact) mass is 515 g/mol. The molecule has 1 fully saturated rings. The SMILES string of the molecule is O=C(Nc1ccc(N2CCN(Cc3ccccc3)CC2)cc1)c1cccc(-c2cc3ccccc3oc2=O)c1. The van der Waals surface area contributed by atoms with E-state index < -0.39 is 5.63 Å². The van der Waals surface area contributed by atoms with Crippen LogP contribution in [0.2, 0.25) is 0 Å². The molecular weight excluding hydrogens is 486 g/mol. The Bertz CT molecular complexity index is 1650. The van der Waals surface area contributed by atoms with Gasteiger partial charge in [-0.25, -0.2) is 4.79 Å². The molecule has 2 heterocycles. The average molecular weight is 516 g/mol. The van der Waals surface area contributed by atoms with Crippen LogP contribution < -0.4 is 15.8 Å². The summed E-state index contributed by atoms with van der Waals surface area (Å²) in [5.74, 6) is -0.232. The van der Waals surface area contributed by atoms with Crippen LogP contribution in [-0.4, -0.2) is 37.0 Å². The van der Waals surface area contributed by atoms with Gasteiger partial charge < -0.3 is 14.6 Å². The molecule has 0 aliphatic carbocycles. The molecule has 1 amide bonds. The Kier molecular flexibility index (Phi) is 6.93. The van der Waals surface area contributed by atoms with Crippen molar-refractivity contribution in [1.29, 1.82) is 0 Å². The maximum atomic E-state index is 13.0. The predicted molar refractivity (Wildman–Crippen MR) is 156 cm³/mol. The Morgan fingerprint density at radius 3 is 2.31 bits per heavy atom. The first-order chi connectivity index (χ1) is 19.1. The second-order valence-corrected chi connectivity index (χ2v) is 9.82. The van der Waals surface area contributed by atoms with Gasteiger partial charge in [-0.15, -0.1) is 0 Å². The summed E-state index contributed by atoms with van der Waals surface area (Å²) in [6.45, 7) is 4.94. The van der Waals surface area contributed by atoms with Crippen molar-refractivity contribution < 1.29 is 9.21 Å². The number of carbonyl (C=O) groups excluding carboxylic acids is 1. The Hall–Kier alpha value is -4.68. The van der Waals surface area contributed by atoms with E-state index in [1.807, 2.05) is 36.4 Å². The summed E-state index contributed by atoms with van der Waals surface area (Å²) in [6, 6.07) is 34.8. The second-order valence-electron chi connectivity index (χ2n) is 9.82. The van der Waals surface area contributed by atoms with E-state index in [-0.39, 0.29) is 5.91 Å². The fourth-order valence-electron chi connectivity index (χ4n) is 5.06. The number of hydrogen-bond acceptors (Lipinski definition) is 5. The van der Waals surface area contributed by atoms with E-state index >= 15 is 0 Å². The average Bonchev–Trinajstić information content (AvgIpc) is 2.98. The normalized spacial score (nSPS) is 13.9. The molecule has 5 aromatic rings. The number of rotatable bonds is 6. The van der Waals surface area contributed by atoms with Crippen LogP contribution in [0.4, 0.5) is 11.4 Å². The zero-order valence-corrected chi connectivity index (χ0v) is 21.5. The van der Waals surface area contributed by atoms with Crippen molar-refractivity contribution in [2.45, 2.75) is 6.54 Å². The van der Waals surface area contributed by atoms with Gasteiger partial charge in [0.15, 0.2) is 0 Å². The maximum absolute atomic E-state index is 13.0. The van der Waals surface area contributed by atoms with E-state index in [1.54, 1.807) is 30.3 Å².